The summed E-state index contributed by atoms with van der Waals surface area (Å²) in [6.45, 7) is 5.85. The van der Waals surface area contributed by atoms with Crippen molar-refractivity contribution >= 4 is 5.91 Å². The molecule has 1 aliphatic rings. The minimum Gasteiger partial charge on any atom is -0.329 e. The normalized spacial score (nSPS) is 13.8. The van der Waals surface area contributed by atoms with Gasteiger partial charge in [-0.1, -0.05) is 6.58 Å². The molecule has 15 heavy (non-hydrogen) atoms. The smallest absolute Gasteiger partial charge is 0.256 e. The van der Waals surface area contributed by atoms with Crippen LogP contribution in [0.25, 0.3) is 0 Å². The summed E-state index contributed by atoms with van der Waals surface area (Å²) in [5.41, 5.74) is 1.11. The molecule has 0 fully saturated rings. The summed E-state index contributed by atoms with van der Waals surface area (Å²) >= 11 is 0. The number of amides is 1. The molecule has 1 aliphatic heterocycles. The summed E-state index contributed by atoms with van der Waals surface area (Å²) in [5, 5.41) is 0. The quantitative estimate of drug-likeness (QED) is 0.661. The standard InChI is InChI=1S/C10H11N3O2/c1-3-9(14)13-4-7-8(5-13)11-6(2)12-10(7)15/h3H,1,4-5H2,2H3,(H,11,12,15). The maximum absolute atomic E-state index is 11.5. The van der Waals surface area contributed by atoms with E-state index >= 15 is 0 Å². The molecule has 5 heteroatoms. The van der Waals surface area contributed by atoms with E-state index in [1.807, 2.05) is 0 Å². The van der Waals surface area contributed by atoms with Gasteiger partial charge >= 0.3 is 0 Å². The van der Waals surface area contributed by atoms with E-state index in [1.54, 1.807) is 11.8 Å². The second-order valence-corrected chi connectivity index (χ2v) is 3.48. The van der Waals surface area contributed by atoms with E-state index < -0.39 is 0 Å². The lowest BCUT2D eigenvalue weighted by Crippen LogP contribution is -2.23. The van der Waals surface area contributed by atoms with Gasteiger partial charge in [-0.25, -0.2) is 4.98 Å². The first-order chi connectivity index (χ1) is 7.11. The van der Waals surface area contributed by atoms with Crippen molar-refractivity contribution in [3.8, 4) is 0 Å². The summed E-state index contributed by atoms with van der Waals surface area (Å²) in [6.07, 6.45) is 1.24. The average molecular weight is 205 g/mol. The van der Waals surface area contributed by atoms with Crippen molar-refractivity contribution in [1.82, 2.24) is 14.9 Å². The molecular weight excluding hydrogens is 194 g/mol. The monoisotopic (exact) mass is 205 g/mol. The summed E-state index contributed by atoms with van der Waals surface area (Å²) in [4.78, 5) is 31.2. The molecule has 0 aliphatic carbocycles. The molecule has 1 N–H and O–H groups in total. The number of nitrogens with one attached hydrogen (secondary N) is 1. The van der Waals surface area contributed by atoms with Crippen molar-refractivity contribution in [2.24, 2.45) is 0 Å². The highest BCUT2D eigenvalue weighted by Gasteiger charge is 2.25. The van der Waals surface area contributed by atoms with Crippen molar-refractivity contribution in [2.75, 3.05) is 0 Å². The number of aromatic amines is 1. The van der Waals surface area contributed by atoms with Gasteiger partial charge in [-0.3, -0.25) is 9.59 Å². The number of hydrogen-bond acceptors (Lipinski definition) is 3. The molecule has 0 atom stereocenters. The van der Waals surface area contributed by atoms with Crippen LogP contribution in [0.2, 0.25) is 0 Å². The van der Waals surface area contributed by atoms with Crippen molar-refractivity contribution in [3.05, 3.63) is 40.1 Å². The van der Waals surface area contributed by atoms with Gasteiger partial charge in [0.2, 0.25) is 5.91 Å². The average Bonchev–Trinajstić information content (AvgIpc) is 2.60. The fraction of sp³-hybridized carbons (Fsp3) is 0.300. The number of carbonyl (C=O) groups excluding carboxylic acids is 1. The molecule has 2 heterocycles. The molecule has 5 nitrogen and oxygen atoms in total. The maximum Gasteiger partial charge on any atom is 0.256 e. The molecule has 0 saturated heterocycles. The largest absolute Gasteiger partial charge is 0.329 e. The van der Waals surface area contributed by atoms with Crippen molar-refractivity contribution in [1.29, 1.82) is 0 Å². The minimum absolute atomic E-state index is 0.156. The molecule has 1 aromatic heterocycles. The van der Waals surface area contributed by atoms with E-state index in [-0.39, 0.29) is 11.5 Å². The van der Waals surface area contributed by atoms with E-state index in [9.17, 15) is 9.59 Å². The first kappa shape index (κ1) is 9.64. The van der Waals surface area contributed by atoms with Crippen molar-refractivity contribution < 1.29 is 4.79 Å². The highest BCUT2D eigenvalue weighted by molar-refractivity contribution is 5.87. The highest BCUT2D eigenvalue weighted by Crippen LogP contribution is 2.17. The Kier molecular flexibility index (Phi) is 2.15. The van der Waals surface area contributed by atoms with Crippen molar-refractivity contribution in [3.63, 3.8) is 0 Å². The second-order valence-electron chi connectivity index (χ2n) is 3.48. The number of fused-ring (bicyclic) bond motifs is 1. The van der Waals surface area contributed by atoms with E-state index in [2.05, 4.69) is 16.5 Å². The summed E-state index contributed by atoms with van der Waals surface area (Å²) in [7, 11) is 0. The third kappa shape index (κ3) is 1.56. The first-order valence-electron chi connectivity index (χ1n) is 4.62. The third-order valence-corrected chi connectivity index (χ3v) is 2.40. The first-order valence-corrected chi connectivity index (χ1v) is 4.62. The van der Waals surface area contributed by atoms with E-state index in [0.717, 1.165) is 0 Å². The summed E-state index contributed by atoms with van der Waals surface area (Å²) < 4.78 is 0. The van der Waals surface area contributed by atoms with Gasteiger partial charge in [-0.15, -0.1) is 0 Å². The number of nitrogens with zero attached hydrogens (tertiary/aromatic N) is 2. The molecule has 0 spiro atoms. The Morgan fingerprint density at radius 3 is 3.00 bits per heavy atom. The number of H-pyrrole nitrogens is 1. The van der Waals surface area contributed by atoms with E-state index in [0.29, 0.717) is 30.2 Å². The van der Waals surface area contributed by atoms with Gasteiger partial charge in [-0.05, 0) is 13.0 Å². The van der Waals surface area contributed by atoms with Gasteiger partial charge in [0.15, 0.2) is 0 Å². The van der Waals surface area contributed by atoms with Crippen LogP contribution >= 0.6 is 0 Å². The van der Waals surface area contributed by atoms with Crippen LogP contribution < -0.4 is 5.56 Å². The van der Waals surface area contributed by atoms with Gasteiger partial charge in [0.1, 0.15) is 5.82 Å². The van der Waals surface area contributed by atoms with Crippen molar-refractivity contribution in [2.45, 2.75) is 20.0 Å². The topological polar surface area (TPSA) is 66.1 Å². The second kappa shape index (κ2) is 3.34. The predicted octanol–water partition coefficient (Wildman–Crippen LogP) is 0.107. The van der Waals surface area contributed by atoms with Gasteiger partial charge < -0.3 is 9.88 Å². The molecule has 78 valence electrons. The summed E-state index contributed by atoms with van der Waals surface area (Å²) in [6, 6.07) is 0. The number of aromatic nitrogens is 2. The SMILES string of the molecule is C=CC(=O)N1Cc2nc(C)[nH]c(=O)c2C1. The van der Waals surface area contributed by atoms with Gasteiger partial charge in [0, 0.05) is 0 Å². The maximum atomic E-state index is 11.5. The van der Waals surface area contributed by atoms with Gasteiger partial charge in [0.05, 0.1) is 24.3 Å². The fourth-order valence-electron chi connectivity index (χ4n) is 1.67. The minimum atomic E-state index is -0.176. The van der Waals surface area contributed by atoms with Crippen LogP contribution in [0.15, 0.2) is 17.4 Å². The molecule has 0 unspecified atom stereocenters. The Morgan fingerprint density at radius 1 is 1.60 bits per heavy atom. The third-order valence-electron chi connectivity index (χ3n) is 2.40. The molecule has 1 aromatic rings. The van der Waals surface area contributed by atoms with Crippen LogP contribution in [-0.4, -0.2) is 20.8 Å². The van der Waals surface area contributed by atoms with E-state index in [4.69, 9.17) is 0 Å². The van der Waals surface area contributed by atoms with Crippen LogP contribution in [0.3, 0.4) is 0 Å². The molecule has 1 amide bonds. The zero-order valence-electron chi connectivity index (χ0n) is 8.41. The van der Waals surface area contributed by atoms with E-state index in [1.165, 1.54) is 6.08 Å². The molecule has 2 rings (SSSR count). The van der Waals surface area contributed by atoms with Crippen LogP contribution in [0.5, 0.6) is 0 Å². The summed E-state index contributed by atoms with van der Waals surface area (Å²) in [5.74, 6) is 0.400. The Balaban J connectivity index is 2.39. The Labute approximate surface area is 86.4 Å². The Bertz CT molecular complexity index is 490. The lowest BCUT2D eigenvalue weighted by Gasteiger charge is -2.10. The predicted molar refractivity (Wildman–Crippen MR) is 54.0 cm³/mol. The highest BCUT2D eigenvalue weighted by atomic mass is 16.2. The number of carbonyl (C=O) groups is 1. The molecule has 0 aromatic carbocycles. The molecule has 0 bridgehead atoms. The number of hydrogen-bond donors (Lipinski definition) is 1. The lowest BCUT2D eigenvalue weighted by molar-refractivity contribution is -0.126. The van der Waals surface area contributed by atoms with Crippen LogP contribution in [0.4, 0.5) is 0 Å². The van der Waals surface area contributed by atoms with Gasteiger partial charge in [0.25, 0.3) is 5.56 Å². The van der Waals surface area contributed by atoms with Crippen LogP contribution in [0, 0.1) is 6.92 Å². The zero-order valence-corrected chi connectivity index (χ0v) is 8.41. The Morgan fingerprint density at radius 2 is 2.33 bits per heavy atom. The Hall–Kier alpha value is -1.91. The zero-order chi connectivity index (χ0) is 11.0. The van der Waals surface area contributed by atoms with Crippen LogP contribution in [-0.2, 0) is 17.9 Å². The molecular formula is C10H11N3O2. The fourth-order valence-corrected chi connectivity index (χ4v) is 1.67. The molecule has 0 radical (unpaired) electrons. The lowest BCUT2D eigenvalue weighted by atomic mass is 10.3. The van der Waals surface area contributed by atoms with Gasteiger partial charge in [-0.2, -0.15) is 0 Å². The number of aryl methyl sites for hydroxylation is 1. The van der Waals surface area contributed by atoms with Crippen LogP contribution in [0.1, 0.15) is 17.1 Å². The molecule has 0 saturated carbocycles. The number of rotatable bonds is 1.